The van der Waals surface area contributed by atoms with Crippen molar-refractivity contribution in [3.05, 3.63) is 29.0 Å². The molecule has 16 heavy (non-hydrogen) atoms. The Bertz CT molecular complexity index is 332. The van der Waals surface area contributed by atoms with Crippen LogP contribution in [0.5, 0.6) is 0 Å². The van der Waals surface area contributed by atoms with Gasteiger partial charge in [0.1, 0.15) is 5.15 Å². The van der Waals surface area contributed by atoms with E-state index in [1.807, 2.05) is 6.07 Å². The summed E-state index contributed by atoms with van der Waals surface area (Å²) in [5.74, 6) is 0.931. The fraction of sp³-hybridized carbons (Fsp3) is 0.615. The first-order valence-electron chi connectivity index (χ1n) is 6.11. The molecule has 0 bridgehead atoms. The Labute approximate surface area is 103 Å². The normalized spacial score (nSPS) is 18.9. The minimum absolute atomic E-state index is 0.653. The van der Waals surface area contributed by atoms with Gasteiger partial charge in [0.15, 0.2) is 0 Å². The van der Waals surface area contributed by atoms with Crippen molar-refractivity contribution in [3.63, 3.8) is 0 Å². The molecule has 0 spiro atoms. The Morgan fingerprint density at radius 3 is 2.81 bits per heavy atom. The molecule has 1 aliphatic rings. The summed E-state index contributed by atoms with van der Waals surface area (Å²) in [5.41, 5.74) is 1.15. The van der Waals surface area contributed by atoms with Crippen molar-refractivity contribution in [1.29, 1.82) is 0 Å². The molecule has 2 rings (SSSR count). The average Bonchev–Trinajstić information content (AvgIpc) is 2.33. The van der Waals surface area contributed by atoms with Crippen LogP contribution in [0.3, 0.4) is 0 Å². The molecular formula is C13H19ClN2. The third kappa shape index (κ3) is 2.96. The zero-order chi connectivity index (χ0) is 11.4. The van der Waals surface area contributed by atoms with Crippen molar-refractivity contribution in [2.24, 2.45) is 5.92 Å². The number of hydrogen-bond acceptors (Lipinski definition) is 2. The summed E-state index contributed by atoms with van der Waals surface area (Å²) in [5, 5.41) is 0.653. The number of halogens is 1. The first-order chi connectivity index (χ1) is 7.79. The molecule has 1 aromatic rings. The van der Waals surface area contributed by atoms with Gasteiger partial charge in [-0.25, -0.2) is 4.98 Å². The van der Waals surface area contributed by atoms with E-state index in [0.29, 0.717) is 5.15 Å². The van der Waals surface area contributed by atoms with Crippen LogP contribution in [0.25, 0.3) is 0 Å². The van der Waals surface area contributed by atoms with E-state index in [0.717, 1.165) is 18.0 Å². The van der Waals surface area contributed by atoms with Crippen LogP contribution in [0.15, 0.2) is 18.3 Å². The average molecular weight is 239 g/mol. The van der Waals surface area contributed by atoms with Crippen LogP contribution in [0.4, 0.5) is 0 Å². The molecule has 0 atom stereocenters. The highest BCUT2D eigenvalue weighted by atomic mass is 35.5. The molecule has 0 radical (unpaired) electrons. The van der Waals surface area contributed by atoms with Gasteiger partial charge in [0.25, 0.3) is 0 Å². The number of hydrogen-bond donors (Lipinski definition) is 0. The van der Waals surface area contributed by atoms with Crippen LogP contribution in [0, 0.1) is 5.92 Å². The van der Waals surface area contributed by atoms with Gasteiger partial charge in [-0.05, 0) is 37.9 Å². The number of rotatable bonds is 3. The lowest BCUT2D eigenvalue weighted by Crippen LogP contribution is -2.33. The topological polar surface area (TPSA) is 16.1 Å². The summed E-state index contributed by atoms with van der Waals surface area (Å²) in [6.45, 7) is 5.63. The van der Waals surface area contributed by atoms with E-state index in [9.17, 15) is 0 Å². The Hall–Kier alpha value is -0.600. The minimum Gasteiger partial charge on any atom is -0.299 e. The van der Waals surface area contributed by atoms with Crippen LogP contribution in [0.2, 0.25) is 5.15 Å². The summed E-state index contributed by atoms with van der Waals surface area (Å²) < 4.78 is 0. The minimum atomic E-state index is 0.653. The zero-order valence-corrected chi connectivity index (χ0v) is 10.6. The maximum Gasteiger partial charge on any atom is 0.133 e. The maximum atomic E-state index is 6.06. The summed E-state index contributed by atoms with van der Waals surface area (Å²) in [7, 11) is 0. The van der Waals surface area contributed by atoms with Crippen LogP contribution in [0.1, 0.15) is 31.7 Å². The van der Waals surface area contributed by atoms with Crippen LogP contribution in [-0.2, 0) is 6.54 Å². The molecule has 88 valence electrons. The van der Waals surface area contributed by atoms with Crippen molar-refractivity contribution in [1.82, 2.24) is 9.88 Å². The van der Waals surface area contributed by atoms with Gasteiger partial charge in [-0.3, -0.25) is 4.90 Å². The van der Waals surface area contributed by atoms with E-state index >= 15 is 0 Å². The van der Waals surface area contributed by atoms with Gasteiger partial charge in [0.2, 0.25) is 0 Å². The van der Waals surface area contributed by atoms with Crippen LogP contribution < -0.4 is 0 Å². The van der Waals surface area contributed by atoms with E-state index < -0.39 is 0 Å². The molecule has 2 nitrogen and oxygen atoms in total. The van der Waals surface area contributed by atoms with Gasteiger partial charge in [0, 0.05) is 18.3 Å². The van der Waals surface area contributed by atoms with Crippen LogP contribution in [-0.4, -0.2) is 23.0 Å². The highest BCUT2D eigenvalue weighted by Crippen LogP contribution is 2.22. The van der Waals surface area contributed by atoms with Gasteiger partial charge in [-0.2, -0.15) is 0 Å². The molecule has 1 aromatic heterocycles. The van der Waals surface area contributed by atoms with E-state index in [1.165, 1.54) is 32.4 Å². The quantitative estimate of drug-likeness (QED) is 0.751. The van der Waals surface area contributed by atoms with Gasteiger partial charge in [0.05, 0.1) is 0 Å². The van der Waals surface area contributed by atoms with E-state index in [1.54, 1.807) is 6.20 Å². The Morgan fingerprint density at radius 1 is 1.44 bits per heavy atom. The fourth-order valence-electron chi connectivity index (χ4n) is 2.33. The number of likely N-dealkylation sites (tertiary alicyclic amines) is 1. The molecule has 3 heteroatoms. The molecule has 0 aliphatic carbocycles. The van der Waals surface area contributed by atoms with Gasteiger partial charge in [-0.15, -0.1) is 0 Å². The van der Waals surface area contributed by atoms with Crippen molar-refractivity contribution >= 4 is 11.6 Å². The van der Waals surface area contributed by atoms with Gasteiger partial charge in [-0.1, -0.05) is 31.0 Å². The second-order valence-corrected chi connectivity index (χ2v) is 4.94. The predicted octanol–water partition coefficient (Wildman–Crippen LogP) is 3.36. The standard InChI is InChI=1S/C13H19ClN2/c1-2-11-5-8-16(9-6-11)10-12-4-3-7-15-13(12)14/h3-4,7,11H,2,5-6,8-10H2,1H3. The predicted molar refractivity (Wildman–Crippen MR) is 67.5 cm³/mol. The smallest absolute Gasteiger partial charge is 0.133 e. The molecule has 0 amide bonds. The Balaban J connectivity index is 1.89. The molecule has 1 saturated heterocycles. The molecule has 0 N–H and O–H groups in total. The third-order valence-corrected chi connectivity index (χ3v) is 3.86. The maximum absolute atomic E-state index is 6.06. The number of piperidine rings is 1. The van der Waals surface area contributed by atoms with Gasteiger partial charge >= 0.3 is 0 Å². The first-order valence-corrected chi connectivity index (χ1v) is 6.49. The molecular weight excluding hydrogens is 220 g/mol. The monoisotopic (exact) mass is 238 g/mol. The lowest BCUT2D eigenvalue weighted by molar-refractivity contribution is 0.175. The summed E-state index contributed by atoms with van der Waals surface area (Å²) >= 11 is 6.06. The zero-order valence-electron chi connectivity index (χ0n) is 9.82. The molecule has 0 saturated carbocycles. The highest BCUT2D eigenvalue weighted by Gasteiger charge is 2.18. The van der Waals surface area contributed by atoms with E-state index in [4.69, 9.17) is 11.6 Å². The highest BCUT2D eigenvalue weighted by molar-refractivity contribution is 6.30. The molecule has 0 aromatic carbocycles. The second kappa shape index (κ2) is 5.65. The molecule has 1 aliphatic heterocycles. The van der Waals surface area contributed by atoms with Crippen molar-refractivity contribution in [3.8, 4) is 0 Å². The summed E-state index contributed by atoms with van der Waals surface area (Å²) in [6.07, 6.45) is 5.72. The Morgan fingerprint density at radius 2 is 2.19 bits per heavy atom. The first kappa shape index (κ1) is 11.9. The van der Waals surface area contributed by atoms with E-state index in [-0.39, 0.29) is 0 Å². The SMILES string of the molecule is CCC1CCN(Cc2cccnc2Cl)CC1. The molecule has 0 unspecified atom stereocenters. The van der Waals surface area contributed by atoms with Crippen LogP contribution >= 0.6 is 11.6 Å². The van der Waals surface area contributed by atoms with Crippen molar-refractivity contribution < 1.29 is 0 Å². The number of nitrogens with zero attached hydrogens (tertiary/aromatic N) is 2. The van der Waals surface area contributed by atoms with Crippen molar-refractivity contribution in [2.75, 3.05) is 13.1 Å². The van der Waals surface area contributed by atoms with Gasteiger partial charge < -0.3 is 0 Å². The second-order valence-electron chi connectivity index (χ2n) is 4.58. The lowest BCUT2D eigenvalue weighted by atomic mass is 9.94. The summed E-state index contributed by atoms with van der Waals surface area (Å²) in [6, 6.07) is 4.03. The van der Waals surface area contributed by atoms with E-state index in [2.05, 4.69) is 22.9 Å². The largest absolute Gasteiger partial charge is 0.299 e. The number of pyridine rings is 1. The van der Waals surface area contributed by atoms with Crippen molar-refractivity contribution in [2.45, 2.75) is 32.7 Å². The molecule has 1 fully saturated rings. The fourth-order valence-corrected chi connectivity index (χ4v) is 2.51. The number of aromatic nitrogens is 1. The summed E-state index contributed by atoms with van der Waals surface area (Å²) in [4.78, 5) is 6.60. The third-order valence-electron chi connectivity index (χ3n) is 3.51. The lowest BCUT2D eigenvalue weighted by Gasteiger charge is -2.31. The Kier molecular flexibility index (Phi) is 4.19. The molecule has 2 heterocycles.